The molecule has 0 spiro atoms. The van der Waals surface area contributed by atoms with Crippen LogP contribution in [0.25, 0.3) is 0 Å². The lowest BCUT2D eigenvalue weighted by Gasteiger charge is -2.23. The van der Waals surface area contributed by atoms with E-state index in [4.69, 9.17) is 20.3 Å². The molecule has 1 aromatic carbocycles. The maximum atomic E-state index is 9.07. The summed E-state index contributed by atoms with van der Waals surface area (Å²) in [4.78, 5) is 0. The van der Waals surface area contributed by atoms with Crippen LogP contribution in [-0.2, 0) is 0 Å². The predicted molar refractivity (Wildman–Crippen MR) is 65.5 cm³/mol. The average Bonchev–Trinajstić information content (AvgIpc) is 2.35. The molecule has 0 saturated carbocycles. The lowest BCUT2D eigenvalue weighted by Crippen LogP contribution is -2.26. The first kappa shape index (κ1) is 12.2. The number of aliphatic hydroxyl groups is 1. The number of aliphatic hydroxyl groups excluding tert-OH is 1. The van der Waals surface area contributed by atoms with Crippen molar-refractivity contribution < 1.29 is 14.6 Å². The zero-order chi connectivity index (χ0) is 12.3. The van der Waals surface area contributed by atoms with Gasteiger partial charge in [-0.3, -0.25) is 0 Å². The van der Waals surface area contributed by atoms with Crippen molar-refractivity contribution in [2.45, 2.75) is 25.3 Å². The summed E-state index contributed by atoms with van der Waals surface area (Å²) in [7, 11) is 0. The molecule has 94 valence electrons. The van der Waals surface area contributed by atoms with Gasteiger partial charge in [-0.1, -0.05) is 6.07 Å². The van der Waals surface area contributed by atoms with Gasteiger partial charge in [0, 0.05) is 18.6 Å². The summed E-state index contributed by atoms with van der Waals surface area (Å²) in [6.45, 7) is 3.27. The Kier molecular flexibility index (Phi) is 3.86. The van der Waals surface area contributed by atoms with Gasteiger partial charge in [-0.05, 0) is 31.0 Å². The molecule has 0 fully saturated rings. The Balaban J connectivity index is 2.25. The van der Waals surface area contributed by atoms with E-state index in [1.807, 2.05) is 25.1 Å². The molecule has 2 unspecified atom stereocenters. The summed E-state index contributed by atoms with van der Waals surface area (Å²) < 4.78 is 11.0. The van der Waals surface area contributed by atoms with E-state index in [1.165, 1.54) is 0 Å². The molecule has 17 heavy (non-hydrogen) atoms. The molecule has 3 N–H and O–H groups in total. The van der Waals surface area contributed by atoms with Crippen LogP contribution in [0.1, 0.15) is 24.8 Å². The van der Waals surface area contributed by atoms with Gasteiger partial charge in [0.1, 0.15) is 13.2 Å². The second-order valence-electron chi connectivity index (χ2n) is 4.38. The molecule has 1 aliphatic heterocycles. The minimum Gasteiger partial charge on any atom is -0.486 e. The first-order valence-corrected chi connectivity index (χ1v) is 5.98. The number of fused-ring (bicyclic) bond motifs is 1. The quantitative estimate of drug-likeness (QED) is 0.827. The summed E-state index contributed by atoms with van der Waals surface area (Å²) in [6.07, 6.45) is 0.664. The van der Waals surface area contributed by atoms with Crippen LogP contribution in [0.3, 0.4) is 0 Å². The molecular formula is C13H19NO3. The highest BCUT2D eigenvalue weighted by molar-refractivity contribution is 5.45. The van der Waals surface area contributed by atoms with E-state index in [2.05, 4.69) is 0 Å². The van der Waals surface area contributed by atoms with Gasteiger partial charge in [0.05, 0.1) is 0 Å². The van der Waals surface area contributed by atoms with E-state index < -0.39 is 0 Å². The third-order valence-corrected chi connectivity index (χ3v) is 3.07. The van der Waals surface area contributed by atoms with Gasteiger partial charge in [-0.25, -0.2) is 0 Å². The maximum absolute atomic E-state index is 9.07. The Bertz CT molecular complexity index is 379. The molecule has 0 radical (unpaired) electrons. The number of rotatable bonds is 4. The Morgan fingerprint density at radius 3 is 2.65 bits per heavy atom. The summed E-state index contributed by atoms with van der Waals surface area (Å²) in [6, 6.07) is 5.89. The van der Waals surface area contributed by atoms with Gasteiger partial charge < -0.3 is 20.3 Å². The molecular weight excluding hydrogens is 218 g/mol. The molecule has 1 aromatic rings. The number of hydrogen-bond donors (Lipinski definition) is 2. The van der Waals surface area contributed by atoms with Gasteiger partial charge in [-0.15, -0.1) is 0 Å². The zero-order valence-electron chi connectivity index (χ0n) is 10.1. The van der Waals surface area contributed by atoms with Crippen molar-refractivity contribution in [2.75, 3.05) is 19.8 Å². The molecule has 0 aliphatic carbocycles. The normalized spacial score (nSPS) is 17.6. The number of nitrogens with two attached hydrogens (primary N) is 1. The fraction of sp³-hybridized carbons (Fsp3) is 0.538. The smallest absolute Gasteiger partial charge is 0.161 e. The Hall–Kier alpha value is -1.26. The molecule has 4 heteroatoms. The summed E-state index contributed by atoms with van der Waals surface area (Å²) in [5, 5.41) is 9.07. The van der Waals surface area contributed by atoms with Crippen LogP contribution in [-0.4, -0.2) is 31.0 Å². The third-order valence-electron chi connectivity index (χ3n) is 3.07. The molecule has 1 aliphatic rings. The molecule has 2 atom stereocenters. The van der Waals surface area contributed by atoms with Crippen LogP contribution in [0.15, 0.2) is 18.2 Å². The first-order valence-electron chi connectivity index (χ1n) is 5.98. The zero-order valence-corrected chi connectivity index (χ0v) is 10.1. The molecule has 4 nitrogen and oxygen atoms in total. The summed E-state index contributed by atoms with van der Waals surface area (Å²) in [5.74, 6) is 1.71. The number of ether oxygens (including phenoxy) is 2. The van der Waals surface area contributed by atoms with E-state index in [1.54, 1.807) is 0 Å². The monoisotopic (exact) mass is 237 g/mol. The largest absolute Gasteiger partial charge is 0.486 e. The minimum absolute atomic E-state index is 0.00436. The molecule has 1 heterocycles. The average molecular weight is 237 g/mol. The number of hydrogen-bond acceptors (Lipinski definition) is 4. The van der Waals surface area contributed by atoms with Gasteiger partial charge in [0.15, 0.2) is 11.5 Å². The van der Waals surface area contributed by atoms with Crippen LogP contribution >= 0.6 is 0 Å². The predicted octanol–water partition coefficient (Wildman–Crippen LogP) is 1.27. The van der Waals surface area contributed by atoms with E-state index in [-0.39, 0.29) is 18.6 Å². The van der Waals surface area contributed by atoms with Crippen molar-refractivity contribution in [1.29, 1.82) is 0 Å². The third kappa shape index (κ3) is 2.70. The Morgan fingerprint density at radius 2 is 2.00 bits per heavy atom. The highest BCUT2D eigenvalue weighted by Gasteiger charge is 2.19. The standard InChI is InChI=1S/C13H19NO3/c1-9(14)11(4-5-15)10-2-3-12-13(8-10)17-7-6-16-12/h2-3,8-9,11,15H,4-7,14H2,1H3. The van der Waals surface area contributed by atoms with Gasteiger partial charge >= 0.3 is 0 Å². The van der Waals surface area contributed by atoms with Gasteiger partial charge in [-0.2, -0.15) is 0 Å². The fourth-order valence-corrected chi connectivity index (χ4v) is 2.16. The van der Waals surface area contributed by atoms with Crippen LogP contribution in [0, 0.1) is 0 Å². The van der Waals surface area contributed by atoms with Crippen LogP contribution in [0.2, 0.25) is 0 Å². The Morgan fingerprint density at radius 1 is 1.29 bits per heavy atom. The molecule has 0 aromatic heterocycles. The van der Waals surface area contributed by atoms with Crippen LogP contribution in [0.5, 0.6) is 11.5 Å². The summed E-state index contributed by atoms with van der Waals surface area (Å²) in [5.41, 5.74) is 7.04. The van der Waals surface area contributed by atoms with Crippen molar-refractivity contribution >= 4 is 0 Å². The lowest BCUT2D eigenvalue weighted by molar-refractivity contribution is 0.171. The highest BCUT2D eigenvalue weighted by atomic mass is 16.6. The van der Waals surface area contributed by atoms with Crippen molar-refractivity contribution in [3.05, 3.63) is 23.8 Å². The topological polar surface area (TPSA) is 64.7 Å². The van der Waals surface area contributed by atoms with Crippen molar-refractivity contribution in [2.24, 2.45) is 5.73 Å². The van der Waals surface area contributed by atoms with E-state index in [0.29, 0.717) is 19.6 Å². The minimum atomic E-state index is 0.00436. The van der Waals surface area contributed by atoms with Gasteiger partial charge in [0.2, 0.25) is 0 Å². The van der Waals surface area contributed by atoms with Crippen molar-refractivity contribution in [3.8, 4) is 11.5 Å². The molecule has 0 saturated heterocycles. The lowest BCUT2D eigenvalue weighted by atomic mass is 9.90. The molecule has 0 amide bonds. The van der Waals surface area contributed by atoms with E-state index >= 15 is 0 Å². The van der Waals surface area contributed by atoms with Gasteiger partial charge in [0.25, 0.3) is 0 Å². The van der Waals surface area contributed by atoms with Crippen molar-refractivity contribution in [3.63, 3.8) is 0 Å². The van der Waals surface area contributed by atoms with Crippen LogP contribution in [0.4, 0.5) is 0 Å². The fourth-order valence-electron chi connectivity index (χ4n) is 2.16. The SMILES string of the molecule is CC(N)C(CCO)c1ccc2c(c1)OCCO2. The summed E-state index contributed by atoms with van der Waals surface area (Å²) >= 11 is 0. The molecule has 0 bridgehead atoms. The second-order valence-corrected chi connectivity index (χ2v) is 4.38. The Labute approximate surface area is 101 Å². The number of benzene rings is 1. The second kappa shape index (κ2) is 5.38. The first-order chi connectivity index (χ1) is 8.22. The van der Waals surface area contributed by atoms with E-state index in [0.717, 1.165) is 17.1 Å². The van der Waals surface area contributed by atoms with E-state index in [9.17, 15) is 0 Å². The van der Waals surface area contributed by atoms with Crippen molar-refractivity contribution in [1.82, 2.24) is 0 Å². The highest BCUT2D eigenvalue weighted by Crippen LogP contribution is 2.34. The van der Waals surface area contributed by atoms with Crippen LogP contribution < -0.4 is 15.2 Å². The molecule has 2 rings (SSSR count). The maximum Gasteiger partial charge on any atom is 0.161 e.